The molecule has 5 N–H and O–H groups in total. The zero-order chi connectivity index (χ0) is 13.0. The largest absolute Gasteiger partial charge is 0.393 e. The molecule has 0 atom stereocenters. The molecule has 1 fully saturated rings. The molecule has 0 bridgehead atoms. The minimum Gasteiger partial charge on any atom is -0.393 e. The highest BCUT2D eigenvalue weighted by Crippen LogP contribution is 2.27. The minimum atomic E-state index is -0.132. The smallest absolute Gasteiger partial charge is 0.158 e. The van der Waals surface area contributed by atoms with Crippen molar-refractivity contribution in [2.24, 2.45) is 11.8 Å². The SMILES string of the molecule is COCc1nc(NN)cc(NCC2CC(O)C2)n1. The quantitative estimate of drug-likeness (QED) is 0.420. The average Bonchev–Trinajstić information content (AvgIpc) is 2.33. The van der Waals surface area contributed by atoms with Crippen LogP contribution in [0.15, 0.2) is 6.07 Å². The van der Waals surface area contributed by atoms with Gasteiger partial charge in [0.15, 0.2) is 5.82 Å². The maximum absolute atomic E-state index is 9.22. The molecule has 2 rings (SSSR count). The van der Waals surface area contributed by atoms with Gasteiger partial charge in [-0.25, -0.2) is 15.8 Å². The van der Waals surface area contributed by atoms with Crippen LogP contribution in [0.2, 0.25) is 0 Å². The molecule has 7 heteroatoms. The summed E-state index contributed by atoms with van der Waals surface area (Å²) < 4.78 is 5.00. The molecule has 1 aliphatic rings. The first-order valence-corrected chi connectivity index (χ1v) is 5.96. The Bertz CT molecular complexity index is 395. The van der Waals surface area contributed by atoms with E-state index in [2.05, 4.69) is 20.7 Å². The first-order chi connectivity index (χ1) is 8.71. The van der Waals surface area contributed by atoms with Gasteiger partial charge in [-0.3, -0.25) is 0 Å². The molecule has 1 aromatic heterocycles. The van der Waals surface area contributed by atoms with Crippen LogP contribution in [-0.2, 0) is 11.3 Å². The van der Waals surface area contributed by atoms with Crippen molar-refractivity contribution >= 4 is 11.6 Å². The van der Waals surface area contributed by atoms with Crippen molar-refractivity contribution in [1.29, 1.82) is 0 Å². The number of aliphatic hydroxyl groups excluding tert-OH is 1. The number of hydrazine groups is 1. The number of nitrogens with two attached hydrogens (primary N) is 1. The summed E-state index contributed by atoms with van der Waals surface area (Å²) in [6.45, 7) is 1.14. The second-order valence-electron chi connectivity index (χ2n) is 4.50. The van der Waals surface area contributed by atoms with Crippen LogP contribution < -0.4 is 16.6 Å². The molecule has 1 saturated carbocycles. The number of nitrogens with zero attached hydrogens (tertiary/aromatic N) is 2. The van der Waals surface area contributed by atoms with Crippen LogP contribution in [0.3, 0.4) is 0 Å². The summed E-state index contributed by atoms with van der Waals surface area (Å²) in [5.41, 5.74) is 2.50. The van der Waals surface area contributed by atoms with Gasteiger partial charge in [-0.1, -0.05) is 0 Å². The number of hydrogen-bond acceptors (Lipinski definition) is 7. The van der Waals surface area contributed by atoms with E-state index < -0.39 is 0 Å². The van der Waals surface area contributed by atoms with Crippen molar-refractivity contribution in [1.82, 2.24) is 9.97 Å². The van der Waals surface area contributed by atoms with Crippen molar-refractivity contribution in [2.45, 2.75) is 25.6 Å². The zero-order valence-corrected chi connectivity index (χ0v) is 10.4. The van der Waals surface area contributed by atoms with Gasteiger partial charge in [-0.2, -0.15) is 0 Å². The summed E-state index contributed by atoms with van der Waals surface area (Å²) >= 11 is 0. The third-order valence-electron chi connectivity index (χ3n) is 2.98. The monoisotopic (exact) mass is 253 g/mol. The molecule has 1 aromatic rings. The molecule has 0 radical (unpaired) electrons. The fourth-order valence-corrected chi connectivity index (χ4v) is 1.97. The predicted octanol–water partition coefficient (Wildman–Crippen LogP) is 0.0914. The molecular weight excluding hydrogens is 234 g/mol. The van der Waals surface area contributed by atoms with Gasteiger partial charge in [-0.15, -0.1) is 0 Å². The number of nitrogen functional groups attached to an aromatic ring is 1. The molecule has 1 aliphatic carbocycles. The maximum Gasteiger partial charge on any atom is 0.158 e. The Labute approximate surface area is 106 Å². The Kier molecular flexibility index (Phi) is 4.29. The van der Waals surface area contributed by atoms with Crippen LogP contribution in [0.1, 0.15) is 18.7 Å². The molecule has 1 heterocycles. The van der Waals surface area contributed by atoms with E-state index in [1.165, 1.54) is 0 Å². The highest BCUT2D eigenvalue weighted by atomic mass is 16.5. The zero-order valence-electron chi connectivity index (χ0n) is 10.4. The molecule has 0 unspecified atom stereocenters. The fraction of sp³-hybridized carbons (Fsp3) is 0.636. The van der Waals surface area contributed by atoms with E-state index in [0.717, 1.165) is 19.4 Å². The molecule has 7 nitrogen and oxygen atoms in total. The van der Waals surface area contributed by atoms with E-state index in [4.69, 9.17) is 10.6 Å². The van der Waals surface area contributed by atoms with Crippen molar-refractivity contribution in [3.63, 3.8) is 0 Å². The number of nitrogens with one attached hydrogen (secondary N) is 2. The Hall–Kier alpha value is -1.44. The van der Waals surface area contributed by atoms with Gasteiger partial charge in [0.2, 0.25) is 0 Å². The van der Waals surface area contributed by atoms with Crippen molar-refractivity contribution < 1.29 is 9.84 Å². The average molecular weight is 253 g/mol. The van der Waals surface area contributed by atoms with Crippen molar-refractivity contribution in [2.75, 3.05) is 24.4 Å². The Morgan fingerprint density at radius 1 is 1.44 bits per heavy atom. The number of anilines is 2. The molecule has 0 amide bonds. The third kappa shape index (κ3) is 3.28. The maximum atomic E-state index is 9.22. The van der Waals surface area contributed by atoms with Gasteiger partial charge in [0.05, 0.1) is 6.10 Å². The van der Waals surface area contributed by atoms with Crippen LogP contribution in [0.4, 0.5) is 11.6 Å². The van der Waals surface area contributed by atoms with Gasteiger partial charge in [0.1, 0.15) is 18.2 Å². The molecular formula is C11H19N5O2. The van der Waals surface area contributed by atoms with Crippen LogP contribution in [0.5, 0.6) is 0 Å². The Morgan fingerprint density at radius 3 is 2.78 bits per heavy atom. The van der Waals surface area contributed by atoms with E-state index in [1.54, 1.807) is 13.2 Å². The van der Waals surface area contributed by atoms with E-state index in [9.17, 15) is 5.11 Å². The Morgan fingerprint density at radius 2 is 2.17 bits per heavy atom. The standard InChI is InChI=1S/C11H19N5O2/c1-18-6-11-14-9(4-10(15-11)16-12)13-5-7-2-8(17)3-7/h4,7-8,17H,2-3,5-6,12H2,1H3,(H2,13,14,15,16). The summed E-state index contributed by atoms with van der Waals surface area (Å²) in [7, 11) is 1.59. The van der Waals surface area contributed by atoms with Gasteiger partial charge in [-0.05, 0) is 18.8 Å². The number of rotatable bonds is 6. The van der Waals surface area contributed by atoms with E-state index in [0.29, 0.717) is 30.0 Å². The first kappa shape index (κ1) is 13.0. The van der Waals surface area contributed by atoms with E-state index in [-0.39, 0.29) is 6.10 Å². The number of aliphatic hydroxyl groups is 1. The lowest BCUT2D eigenvalue weighted by atomic mass is 9.82. The molecule has 0 aliphatic heterocycles. The lowest BCUT2D eigenvalue weighted by Crippen LogP contribution is -2.33. The molecule has 18 heavy (non-hydrogen) atoms. The van der Waals surface area contributed by atoms with Gasteiger partial charge < -0.3 is 20.6 Å². The first-order valence-electron chi connectivity index (χ1n) is 5.96. The lowest BCUT2D eigenvalue weighted by Gasteiger charge is -2.31. The normalized spacial score (nSPS) is 22.4. The minimum absolute atomic E-state index is 0.132. The second-order valence-corrected chi connectivity index (χ2v) is 4.50. The van der Waals surface area contributed by atoms with E-state index >= 15 is 0 Å². The van der Waals surface area contributed by atoms with Crippen LogP contribution in [-0.4, -0.2) is 34.8 Å². The summed E-state index contributed by atoms with van der Waals surface area (Å²) in [5.74, 6) is 7.70. The molecule has 0 aromatic carbocycles. The van der Waals surface area contributed by atoms with Crippen LogP contribution >= 0.6 is 0 Å². The Balaban J connectivity index is 1.95. The van der Waals surface area contributed by atoms with Crippen LogP contribution in [0.25, 0.3) is 0 Å². The number of aromatic nitrogens is 2. The van der Waals surface area contributed by atoms with Crippen molar-refractivity contribution in [3.05, 3.63) is 11.9 Å². The van der Waals surface area contributed by atoms with Crippen molar-refractivity contribution in [3.8, 4) is 0 Å². The summed E-state index contributed by atoms with van der Waals surface area (Å²) in [6.07, 6.45) is 1.57. The lowest BCUT2D eigenvalue weighted by molar-refractivity contribution is 0.0486. The summed E-state index contributed by atoms with van der Waals surface area (Å²) in [5, 5.41) is 12.4. The highest BCUT2D eigenvalue weighted by molar-refractivity contribution is 5.46. The van der Waals surface area contributed by atoms with Gasteiger partial charge in [0, 0.05) is 19.7 Å². The highest BCUT2D eigenvalue weighted by Gasteiger charge is 2.26. The molecule has 100 valence electrons. The fourth-order valence-electron chi connectivity index (χ4n) is 1.97. The topological polar surface area (TPSA) is 105 Å². The van der Waals surface area contributed by atoms with Crippen LogP contribution in [0, 0.1) is 5.92 Å². The van der Waals surface area contributed by atoms with E-state index in [1.807, 2.05) is 0 Å². The third-order valence-corrected chi connectivity index (χ3v) is 2.98. The predicted molar refractivity (Wildman–Crippen MR) is 67.8 cm³/mol. The summed E-state index contributed by atoms with van der Waals surface area (Å²) in [6, 6.07) is 1.74. The molecule has 0 saturated heterocycles. The molecule has 0 spiro atoms. The van der Waals surface area contributed by atoms with Gasteiger partial charge >= 0.3 is 0 Å². The summed E-state index contributed by atoms with van der Waals surface area (Å²) in [4.78, 5) is 8.48. The number of hydrogen-bond donors (Lipinski definition) is 4. The number of methoxy groups -OCH3 is 1. The second kappa shape index (κ2) is 5.94. The number of ether oxygens (including phenoxy) is 1. The van der Waals surface area contributed by atoms with Gasteiger partial charge in [0.25, 0.3) is 0 Å².